The first-order chi connectivity index (χ1) is 8.78. The number of hydrogen-bond donors (Lipinski definition) is 4. The van der Waals surface area contributed by atoms with Crippen LogP contribution in [0.4, 0.5) is 0 Å². The first kappa shape index (κ1) is 17.8. The number of rotatable bonds is 13. The SMILES string of the molecule is CNCCN(CCN(CCNC)CNC)CNC. The molecule has 6 heteroatoms. The van der Waals surface area contributed by atoms with Gasteiger partial charge in [-0.15, -0.1) is 0 Å². The van der Waals surface area contributed by atoms with Crippen LogP contribution < -0.4 is 21.3 Å². The van der Waals surface area contributed by atoms with Crippen molar-refractivity contribution in [2.75, 3.05) is 80.8 Å². The number of nitrogens with one attached hydrogen (secondary N) is 4. The molecule has 0 aliphatic carbocycles. The molecule has 0 heterocycles. The van der Waals surface area contributed by atoms with E-state index in [1.54, 1.807) is 0 Å². The highest BCUT2D eigenvalue weighted by Crippen LogP contribution is 1.90. The van der Waals surface area contributed by atoms with Gasteiger partial charge >= 0.3 is 0 Å². The molecule has 0 aromatic heterocycles. The molecule has 0 spiro atoms. The highest BCUT2D eigenvalue weighted by Gasteiger charge is 2.07. The van der Waals surface area contributed by atoms with Crippen LogP contribution in [-0.4, -0.2) is 90.6 Å². The van der Waals surface area contributed by atoms with E-state index < -0.39 is 0 Å². The van der Waals surface area contributed by atoms with Crippen LogP contribution in [0, 0.1) is 0 Å². The van der Waals surface area contributed by atoms with Crippen molar-refractivity contribution in [3.05, 3.63) is 0 Å². The van der Waals surface area contributed by atoms with Gasteiger partial charge in [-0.25, -0.2) is 0 Å². The van der Waals surface area contributed by atoms with Crippen LogP contribution in [0.2, 0.25) is 0 Å². The molecule has 0 saturated heterocycles. The Bertz CT molecular complexity index is 149. The normalized spacial score (nSPS) is 11.7. The van der Waals surface area contributed by atoms with Crippen molar-refractivity contribution in [1.82, 2.24) is 31.1 Å². The van der Waals surface area contributed by atoms with Gasteiger partial charge in [-0.2, -0.15) is 0 Å². The van der Waals surface area contributed by atoms with Crippen LogP contribution >= 0.6 is 0 Å². The maximum absolute atomic E-state index is 3.23. The van der Waals surface area contributed by atoms with Gasteiger partial charge in [0.2, 0.25) is 0 Å². The lowest BCUT2D eigenvalue weighted by Gasteiger charge is -2.27. The summed E-state index contributed by atoms with van der Waals surface area (Å²) in [5, 5.41) is 12.9. The van der Waals surface area contributed by atoms with Crippen molar-refractivity contribution in [1.29, 1.82) is 0 Å². The molecule has 0 aromatic carbocycles. The second-order valence-corrected chi connectivity index (χ2v) is 4.47. The minimum Gasteiger partial charge on any atom is -0.318 e. The summed E-state index contributed by atoms with van der Waals surface area (Å²) < 4.78 is 0. The predicted molar refractivity (Wildman–Crippen MR) is 78.9 cm³/mol. The van der Waals surface area contributed by atoms with E-state index in [9.17, 15) is 0 Å². The predicted octanol–water partition coefficient (Wildman–Crippen LogP) is -1.62. The van der Waals surface area contributed by atoms with Gasteiger partial charge in [0.25, 0.3) is 0 Å². The Kier molecular flexibility index (Phi) is 13.0. The maximum atomic E-state index is 3.23. The van der Waals surface area contributed by atoms with Crippen molar-refractivity contribution >= 4 is 0 Å². The Morgan fingerprint density at radius 3 is 1.22 bits per heavy atom. The standard InChI is InChI=1S/C12H32N6/c1-13-5-7-17(11-15-3)9-10-18(12-16-4)8-6-14-2/h13-16H,5-12H2,1-4H3. The molecule has 6 nitrogen and oxygen atoms in total. The Labute approximate surface area is 112 Å². The molecule has 0 atom stereocenters. The zero-order valence-electron chi connectivity index (χ0n) is 12.6. The van der Waals surface area contributed by atoms with Crippen LogP contribution in [0.25, 0.3) is 0 Å². The zero-order valence-corrected chi connectivity index (χ0v) is 12.6. The fourth-order valence-corrected chi connectivity index (χ4v) is 1.81. The molecule has 0 aliphatic rings. The van der Waals surface area contributed by atoms with E-state index in [0.29, 0.717) is 0 Å². The van der Waals surface area contributed by atoms with Crippen molar-refractivity contribution in [2.24, 2.45) is 0 Å². The number of nitrogens with zero attached hydrogens (tertiary/aromatic N) is 2. The first-order valence-electron chi connectivity index (χ1n) is 6.81. The summed E-state index contributed by atoms with van der Waals surface area (Å²) in [6, 6.07) is 0. The molecule has 0 bridgehead atoms. The summed E-state index contributed by atoms with van der Waals surface area (Å²) in [5.41, 5.74) is 0. The third kappa shape index (κ3) is 9.76. The average Bonchev–Trinajstić information content (AvgIpc) is 2.38. The molecule has 0 saturated carbocycles. The van der Waals surface area contributed by atoms with Gasteiger partial charge in [0.15, 0.2) is 0 Å². The van der Waals surface area contributed by atoms with E-state index in [0.717, 1.165) is 52.6 Å². The number of hydrogen-bond acceptors (Lipinski definition) is 6. The molecular formula is C12H32N6. The van der Waals surface area contributed by atoms with Gasteiger partial charge in [0.1, 0.15) is 0 Å². The van der Waals surface area contributed by atoms with Crippen molar-refractivity contribution in [2.45, 2.75) is 0 Å². The third-order valence-electron chi connectivity index (χ3n) is 2.85. The summed E-state index contributed by atoms with van der Waals surface area (Å²) in [6.45, 7) is 8.30. The molecule has 0 fully saturated rings. The fourth-order valence-electron chi connectivity index (χ4n) is 1.81. The molecule has 0 rings (SSSR count). The average molecular weight is 260 g/mol. The van der Waals surface area contributed by atoms with Crippen LogP contribution in [0.5, 0.6) is 0 Å². The third-order valence-corrected chi connectivity index (χ3v) is 2.85. The lowest BCUT2D eigenvalue weighted by molar-refractivity contribution is 0.193. The van der Waals surface area contributed by atoms with Crippen molar-refractivity contribution in [3.8, 4) is 0 Å². The first-order valence-corrected chi connectivity index (χ1v) is 6.81. The summed E-state index contributed by atoms with van der Waals surface area (Å²) in [7, 11) is 7.99. The summed E-state index contributed by atoms with van der Waals surface area (Å²) in [6.07, 6.45) is 0. The second kappa shape index (κ2) is 13.2. The Morgan fingerprint density at radius 2 is 0.944 bits per heavy atom. The van der Waals surface area contributed by atoms with Crippen molar-refractivity contribution < 1.29 is 0 Å². The molecule has 0 amide bonds. The van der Waals surface area contributed by atoms with Crippen LogP contribution in [0.1, 0.15) is 0 Å². The lowest BCUT2D eigenvalue weighted by Crippen LogP contribution is -2.44. The van der Waals surface area contributed by atoms with Crippen LogP contribution in [-0.2, 0) is 0 Å². The van der Waals surface area contributed by atoms with Crippen LogP contribution in [0.3, 0.4) is 0 Å². The molecule has 0 unspecified atom stereocenters. The topological polar surface area (TPSA) is 54.6 Å². The van der Waals surface area contributed by atoms with Gasteiger partial charge in [0.05, 0.1) is 0 Å². The van der Waals surface area contributed by atoms with E-state index >= 15 is 0 Å². The van der Waals surface area contributed by atoms with Gasteiger partial charge in [-0.05, 0) is 28.2 Å². The van der Waals surface area contributed by atoms with E-state index in [1.165, 1.54) is 0 Å². The van der Waals surface area contributed by atoms with E-state index in [4.69, 9.17) is 0 Å². The van der Waals surface area contributed by atoms with E-state index in [-0.39, 0.29) is 0 Å². The minimum atomic E-state index is 0.946. The zero-order chi connectivity index (χ0) is 13.6. The minimum absolute atomic E-state index is 0.946. The molecule has 4 N–H and O–H groups in total. The van der Waals surface area contributed by atoms with E-state index in [2.05, 4.69) is 31.1 Å². The Morgan fingerprint density at radius 1 is 0.556 bits per heavy atom. The smallest absolute Gasteiger partial charge is 0.0479 e. The molecule has 110 valence electrons. The summed E-state index contributed by atoms with van der Waals surface area (Å²) in [5.74, 6) is 0. The van der Waals surface area contributed by atoms with Gasteiger partial charge in [-0.1, -0.05) is 0 Å². The molecule has 0 aromatic rings. The Hall–Kier alpha value is -0.240. The highest BCUT2D eigenvalue weighted by atomic mass is 15.3. The molecule has 0 radical (unpaired) electrons. The van der Waals surface area contributed by atoms with Crippen molar-refractivity contribution in [3.63, 3.8) is 0 Å². The largest absolute Gasteiger partial charge is 0.318 e. The van der Waals surface area contributed by atoms with E-state index in [1.807, 2.05) is 28.2 Å². The fraction of sp³-hybridized carbons (Fsp3) is 1.00. The van der Waals surface area contributed by atoms with Gasteiger partial charge in [0, 0.05) is 52.6 Å². The quantitative estimate of drug-likeness (QED) is 0.299. The number of likely N-dealkylation sites (N-methyl/N-ethyl adjacent to an activating group) is 2. The summed E-state index contributed by atoms with van der Waals surface area (Å²) >= 11 is 0. The van der Waals surface area contributed by atoms with Crippen LogP contribution in [0.15, 0.2) is 0 Å². The Balaban J connectivity index is 3.92. The maximum Gasteiger partial charge on any atom is 0.0479 e. The lowest BCUT2D eigenvalue weighted by atomic mass is 10.4. The van der Waals surface area contributed by atoms with Gasteiger partial charge < -0.3 is 21.3 Å². The highest BCUT2D eigenvalue weighted by molar-refractivity contribution is 4.63. The summed E-state index contributed by atoms with van der Waals surface area (Å²) in [4.78, 5) is 4.86. The van der Waals surface area contributed by atoms with Gasteiger partial charge in [-0.3, -0.25) is 9.80 Å². The molecule has 0 aliphatic heterocycles. The second-order valence-electron chi connectivity index (χ2n) is 4.47. The monoisotopic (exact) mass is 260 g/mol. The molecule has 18 heavy (non-hydrogen) atoms. The molecular weight excluding hydrogens is 228 g/mol.